The monoisotopic (exact) mass is 411 g/mol. The molecule has 1 N–H and O–H groups in total. The molecule has 0 saturated heterocycles. The Bertz CT molecular complexity index is 938. The molecular weight excluding hydrogens is 390 g/mol. The zero-order valence-electron chi connectivity index (χ0n) is 15.9. The predicted octanol–water partition coefficient (Wildman–Crippen LogP) is 5.34. The number of hydrazone groups is 1. The molecule has 0 atom stereocenters. The summed E-state index contributed by atoms with van der Waals surface area (Å²) in [6.45, 7) is 5.61. The van der Waals surface area contributed by atoms with Gasteiger partial charge in [-0.1, -0.05) is 41.7 Å². The van der Waals surface area contributed by atoms with Gasteiger partial charge in [0.25, 0.3) is 0 Å². The molecule has 1 aliphatic rings. The Balaban J connectivity index is 1.61. The molecule has 0 bridgehead atoms. The van der Waals surface area contributed by atoms with Gasteiger partial charge in [0.2, 0.25) is 5.91 Å². The summed E-state index contributed by atoms with van der Waals surface area (Å²) in [5, 5.41) is 9.45. The molecule has 0 unspecified atom stereocenters. The second-order valence-electron chi connectivity index (χ2n) is 6.23. The van der Waals surface area contributed by atoms with Crippen molar-refractivity contribution in [1.29, 1.82) is 0 Å². The van der Waals surface area contributed by atoms with E-state index >= 15 is 0 Å². The maximum Gasteiger partial charge on any atom is 0.234 e. The van der Waals surface area contributed by atoms with Gasteiger partial charge in [-0.3, -0.25) is 9.59 Å². The van der Waals surface area contributed by atoms with Gasteiger partial charge in [-0.15, -0.1) is 0 Å². The molecule has 3 rings (SSSR count). The largest absolute Gasteiger partial charge is 0.325 e. The number of hydrogen-bond donors (Lipinski definition) is 1. The fraction of sp³-hybridized carbons (Fsp3) is 0.190. The van der Waals surface area contributed by atoms with Crippen LogP contribution in [0.3, 0.4) is 0 Å². The van der Waals surface area contributed by atoms with Crippen molar-refractivity contribution in [3.8, 4) is 0 Å². The average Bonchev–Trinajstić information content (AvgIpc) is 2.70. The molecule has 0 saturated carbocycles. The molecule has 0 spiro atoms. The highest BCUT2D eigenvalue weighted by atomic mass is 32.2. The predicted molar refractivity (Wildman–Crippen MR) is 120 cm³/mol. The van der Waals surface area contributed by atoms with Crippen molar-refractivity contribution in [3.05, 3.63) is 70.8 Å². The molecule has 144 valence electrons. The Kier molecular flexibility index (Phi) is 6.59. The van der Waals surface area contributed by atoms with E-state index in [4.69, 9.17) is 5.10 Å². The van der Waals surface area contributed by atoms with Crippen LogP contribution in [0.2, 0.25) is 0 Å². The van der Waals surface area contributed by atoms with Gasteiger partial charge in [-0.05, 0) is 57.2 Å². The summed E-state index contributed by atoms with van der Waals surface area (Å²) in [6.07, 6.45) is 0. The molecular formula is C21H21N3O2S2. The molecule has 1 amide bonds. The minimum absolute atomic E-state index is 0.00227. The molecule has 7 heteroatoms. The maximum absolute atomic E-state index is 12.3. The van der Waals surface area contributed by atoms with Gasteiger partial charge >= 0.3 is 0 Å². The summed E-state index contributed by atoms with van der Waals surface area (Å²) < 4.78 is 0.828. The number of thioether (sulfide) groups is 2. The number of benzene rings is 2. The van der Waals surface area contributed by atoms with Crippen LogP contribution in [0.25, 0.3) is 0 Å². The van der Waals surface area contributed by atoms with E-state index in [1.54, 1.807) is 36.0 Å². The van der Waals surface area contributed by atoms with Crippen LogP contribution in [0.5, 0.6) is 0 Å². The number of hydrogen-bond acceptors (Lipinski definition) is 6. The number of allylic oxidation sites excluding steroid dienone is 2. The summed E-state index contributed by atoms with van der Waals surface area (Å²) in [5.41, 5.74) is 3.37. The number of carbonyl (C=O) groups is 2. The third-order valence-corrected chi connectivity index (χ3v) is 6.35. The number of para-hydroxylation sites is 1. The number of anilines is 2. The Morgan fingerprint density at radius 3 is 2.39 bits per heavy atom. The van der Waals surface area contributed by atoms with Gasteiger partial charge in [0, 0.05) is 21.9 Å². The summed E-state index contributed by atoms with van der Waals surface area (Å²) >= 11 is 2.99. The minimum Gasteiger partial charge on any atom is -0.325 e. The highest BCUT2D eigenvalue weighted by Crippen LogP contribution is 2.35. The number of rotatable bonds is 5. The summed E-state index contributed by atoms with van der Waals surface area (Å²) in [7, 11) is 0. The number of ketones is 1. The average molecular weight is 412 g/mol. The van der Waals surface area contributed by atoms with E-state index in [0.717, 1.165) is 20.7 Å². The highest BCUT2D eigenvalue weighted by molar-refractivity contribution is 8.40. The highest BCUT2D eigenvalue weighted by Gasteiger charge is 2.20. The van der Waals surface area contributed by atoms with E-state index in [-0.39, 0.29) is 17.4 Å². The van der Waals surface area contributed by atoms with Gasteiger partial charge in [0.15, 0.2) is 10.2 Å². The normalized spacial score (nSPS) is 14.0. The van der Waals surface area contributed by atoms with Crippen molar-refractivity contribution < 1.29 is 9.59 Å². The number of nitrogens with zero attached hydrogens (tertiary/aromatic N) is 2. The van der Waals surface area contributed by atoms with Crippen molar-refractivity contribution in [2.45, 2.75) is 20.8 Å². The first-order chi connectivity index (χ1) is 13.4. The van der Waals surface area contributed by atoms with Gasteiger partial charge in [0.1, 0.15) is 0 Å². The molecule has 0 fully saturated rings. The molecule has 5 nitrogen and oxygen atoms in total. The third-order valence-electron chi connectivity index (χ3n) is 4.15. The molecule has 0 radical (unpaired) electrons. The number of Topliss-reactive ketones (excluding diaryl/α,β-unsaturated/α-hetero) is 1. The van der Waals surface area contributed by atoms with Crippen molar-refractivity contribution in [2.24, 2.45) is 5.10 Å². The molecule has 1 aliphatic heterocycles. The molecule has 0 aromatic heterocycles. The first kappa shape index (κ1) is 20.2. The molecule has 1 heterocycles. The SMILES string of the molecule is CC(=O)c1ccc(NC(=O)CSC2=NN(c3ccccc3)C(C)=C(C)S2)cc1. The number of nitrogens with one attached hydrogen (secondary N) is 1. The topological polar surface area (TPSA) is 61.8 Å². The Morgan fingerprint density at radius 2 is 1.75 bits per heavy atom. The Morgan fingerprint density at radius 1 is 1.07 bits per heavy atom. The number of carbonyl (C=O) groups excluding carboxylic acids is 2. The molecule has 28 heavy (non-hydrogen) atoms. The van der Waals surface area contributed by atoms with Crippen LogP contribution in [0.4, 0.5) is 11.4 Å². The van der Waals surface area contributed by atoms with E-state index in [1.165, 1.54) is 18.7 Å². The molecule has 0 aliphatic carbocycles. The van der Waals surface area contributed by atoms with Crippen molar-refractivity contribution in [3.63, 3.8) is 0 Å². The van der Waals surface area contributed by atoms with Crippen molar-refractivity contribution >= 4 is 51.0 Å². The lowest BCUT2D eigenvalue weighted by Gasteiger charge is -2.26. The molecule has 2 aromatic rings. The second-order valence-corrected chi connectivity index (χ2v) is 8.65. The van der Waals surface area contributed by atoms with E-state index in [2.05, 4.69) is 12.2 Å². The molecule has 2 aromatic carbocycles. The van der Waals surface area contributed by atoms with Gasteiger partial charge < -0.3 is 5.32 Å². The fourth-order valence-corrected chi connectivity index (χ4v) is 4.39. The van der Waals surface area contributed by atoms with Gasteiger partial charge in [-0.25, -0.2) is 5.01 Å². The standard InChI is InChI=1S/C21H21N3O2S2/c1-14-16(3)28-21(23-24(14)19-7-5-4-6-8-19)27-13-20(26)22-18-11-9-17(10-12-18)15(2)25/h4-12H,13H2,1-3H3,(H,22,26). The Hall–Kier alpha value is -2.51. The second kappa shape index (κ2) is 9.12. The van der Waals surface area contributed by atoms with Crippen LogP contribution in [0.15, 0.2) is 70.3 Å². The Labute approximate surface area is 173 Å². The van der Waals surface area contributed by atoms with E-state index < -0.39 is 0 Å². The summed E-state index contributed by atoms with van der Waals surface area (Å²) in [4.78, 5) is 24.8. The lowest BCUT2D eigenvalue weighted by atomic mass is 10.1. The fourth-order valence-electron chi connectivity index (χ4n) is 2.52. The first-order valence-corrected chi connectivity index (χ1v) is 10.6. The number of amides is 1. The van der Waals surface area contributed by atoms with Crippen LogP contribution >= 0.6 is 23.5 Å². The van der Waals surface area contributed by atoms with Gasteiger partial charge in [-0.2, -0.15) is 5.10 Å². The smallest absolute Gasteiger partial charge is 0.234 e. The zero-order valence-corrected chi connectivity index (χ0v) is 17.6. The van der Waals surface area contributed by atoms with E-state index in [1.807, 2.05) is 42.3 Å². The van der Waals surface area contributed by atoms with Crippen LogP contribution in [0.1, 0.15) is 31.1 Å². The summed E-state index contributed by atoms with van der Waals surface area (Å²) in [5.74, 6) is 0.149. The first-order valence-electron chi connectivity index (χ1n) is 8.77. The lowest BCUT2D eigenvalue weighted by molar-refractivity contribution is -0.113. The van der Waals surface area contributed by atoms with Crippen LogP contribution < -0.4 is 10.3 Å². The lowest BCUT2D eigenvalue weighted by Crippen LogP contribution is -2.21. The maximum atomic E-state index is 12.3. The van der Waals surface area contributed by atoms with Crippen LogP contribution in [-0.4, -0.2) is 21.8 Å². The quantitative estimate of drug-likeness (QED) is 0.673. The van der Waals surface area contributed by atoms with Gasteiger partial charge in [0.05, 0.1) is 11.4 Å². The van der Waals surface area contributed by atoms with Crippen molar-refractivity contribution in [1.82, 2.24) is 0 Å². The van der Waals surface area contributed by atoms with Crippen molar-refractivity contribution in [2.75, 3.05) is 16.1 Å². The summed E-state index contributed by atoms with van der Waals surface area (Å²) in [6, 6.07) is 16.8. The van der Waals surface area contributed by atoms with E-state index in [9.17, 15) is 9.59 Å². The van der Waals surface area contributed by atoms with Crippen LogP contribution in [0, 0.1) is 0 Å². The zero-order chi connectivity index (χ0) is 20.1. The minimum atomic E-state index is -0.112. The van der Waals surface area contributed by atoms with Crippen LogP contribution in [-0.2, 0) is 4.79 Å². The third kappa shape index (κ3) is 5.05. The van der Waals surface area contributed by atoms with E-state index in [0.29, 0.717) is 11.3 Å².